The number of fused-ring (bicyclic) bond motifs is 1. The molecule has 0 spiro atoms. The Morgan fingerprint density at radius 3 is 2.37 bits per heavy atom. The zero-order valence-electron chi connectivity index (χ0n) is 23.6. The molecule has 0 aliphatic rings. The van der Waals surface area contributed by atoms with Gasteiger partial charge in [0, 0.05) is 24.4 Å². The van der Waals surface area contributed by atoms with Gasteiger partial charge in [-0.15, -0.1) is 0 Å². The summed E-state index contributed by atoms with van der Waals surface area (Å²) in [7, 11) is 1.58. The topological polar surface area (TPSA) is 120 Å². The number of nitrogens with one attached hydrogen (secondary N) is 1. The van der Waals surface area contributed by atoms with Gasteiger partial charge < -0.3 is 15.0 Å². The molecule has 1 heterocycles. The van der Waals surface area contributed by atoms with E-state index in [2.05, 4.69) is 12.2 Å². The van der Waals surface area contributed by atoms with Crippen LogP contribution < -0.4 is 15.6 Å². The smallest absolute Gasteiger partial charge is 0.322 e. The summed E-state index contributed by atoms with van der Waals surface area (Å²) in [4.78, 5) is 45.0. The fourth-order valence-electron chi connectivity index (χ4n) is 4.87. The van der Waals surface area contributed by atoms with Crippen LogP contribution in [0.4, 0.5) is 16.2 Å². The van der Waals surface area contributed by atoms with Crippen molar-refractivity contribution in [3.05, 3.63) is 99.1 Å². The molecule has 1 atom stereocenters. The molecule has 0 aliphatic carbocycles. The number of nitro groups is 1. The van der Waals surface area contributed by atoms with Crippen molar-refractivity contribution in [3.8, 4) is 11.4 Å². The number of rotatable bonds is 12. The highest BCUT2D eigenvalue weighted by atomic mass is 16.6. The molecule has 1 unspecified atom stereocenters. The van der Waals surface area contributed by atoms with Crippen LogP contribution in [0.2, 0.25) is 0 Å². The number of ether oxygens (including phenoxy) is 1. The molecular formula is C31H35N5O5. The van der Waals surface area contributed by atoms with Crippen LogP contribution in [0.5, 0.6) is 5.75 Å². The van der Waals surface area contributed by atoms with Gasteiger partial charge in [0.2, 0.25) is 0 Å². The lowest BCUT2D eigenvalue weighted by Gasteiger charge is -2.32. The number of non-ortho nitro benzene ring substituents is 1. The number of unbranched alkanes of at least 4 members (excludes halogenated alkanes) is 3. The van der Waals surface area contributed by atoms with E-state index >= 15 is 0 Å². The van der Waals surface area contributed by atoms with Crippen molar-refractivity contribution in [2.24, 2.45) is 0 Å². The normalized spacial score (nSPS) is 11.7. The average Bonchev–Trinajstić information content (AvgIpc) is 2.99. The van der Waals surface area contributed by atoms with Crippen LogP contribution >= 0.6 is 0 Å². The Morgan fingerprint density at radius 2 is 1.73 bits per heavy atom. The van der Waals surface area contributed by atoms with Gasteiger partial charge in [0.15, 0.2) is 0 Å². The van der Waals surface area contributed by atoms with E-state index in [1.807, 2.05) is 13.0 Å². The van der Waals surface area contributed by atoms with E-state index in [0.717, 1.165) is 25.7 Å². The fraction of sp³-hybridized carbons (Fsp3) is 0.323. The number of methoxy groups -OCH3 is 1. The number of amides is 2. The third-order valence-corrected chi connectivity index (χ3v) is 7.04. The lowest BCUT2D eigenvalue weighted by atomic mass is 10.1. The molecule has 10 heteroatoms. The first-order valence-corrected chi connectivity index (χ1v) is 13.9. The SMILES string of the molecule is CCCCCCN(C(=O)Nc1ccc([N+](=O)[O-])cc1)C(CC)c1nc2ccccc2c(=O)n1-c1ccc(OC)cc1. The number of carbonyl (C=O) groups excluding carboxylic acids is 1. The molecule has 1 N–H and O–H groups in total. The number of carbonyl (C=O) groups is 1. The molecule has 0 radical (unpaired) electrons. The number of aromatic nitrogens is 2. The minimum atomic E-state index is -0.533. The standard InChI is InChI=1S/C31H35N5O5/c1-4-6-7-10-21-34(31(38)32-22-13-15-24(16-14-22)36(39)40)28(5-2)29-33-27-12-9-8-11-26(27)30(37)35(29)23-17-19-25(41-3)20-18-23/h8-9,11-20,28H,4-7,10,21H2,1-3H3,(H,32,38). The molecule has 0 aliphatic heterocycles. The number of nitrogens with zero attached hydrogens (tertiary/aromatic N) is 4. The average molecular weight is 558 g/mol. The summed E-state index contributed by atoms with van der Waals surface area (Å²) in [6.07, 6.45) is 4.32. The summed E-state index contributed by atoms with van der Waals surface area (Å²) >= 11 is 0. The van der Waals surface area contributed by atoms with Gasteiger partial charge >= 0.3 is 6.03 Å². The minimum Gasteiger partial charge on any atom is -0.497 e. The van der Waals surface area contributed by atoms with Gasteiger partial charge in [0.25, 0.3) is 11.2 Å². The van der Waals surface area contributed by atoms with Crippen molar-refractivity contribution in [1.29, 1.82) is 0 Å². The van der Waals surface area contributed by atoms with Crippen molar-refractivity contribution in [1.82, 2.24) is 14.5 Å². The van der Waals surface area contributed by atoms with Crippen molar-refractivity contribution >= 4 is 28.3 Å². The molecule has 0 saturated heterocycles. The second-order valence-corrected chi connectivity index (χ2v) is 9.74. The summed E-state index contributed by atoms with van der Waals surface area (Å²) in [5.74, 6) is 1.11. The van der Waals surface area contributed by atoms with Crippen LogP contribution in [0.3, 0.4) is 0 Å². The summed E-state index contributed by atoms with van der Waals surface area (Å²) < 4.78 is 6.89. The first-order valence-electron chi connectivity index (χ1n) is 13.9. The lowest BCUT2D eigenvalue weighted by molar-refractivity contribution is -0.384. The van der Waals surface area contributed by atoms with E-state index in [4.69, 9.17) is 9.72 Å². The molecule has 0 bridgehead atoms. The Balaban J connectivity index is 1.80. The Kier molecular flexibility index (Phi) is 9.68. The fourth-order valence-corrected chi connectivity index (χ4v) is 4.87. The molecule has 0 fully saturated rings. The second kappa shape index (κ2) is 13.6. The molecule has 4 aromatic rings. The van der Waals surface area contributed by atoms with Crippen LogP contribution in [0.1, 0.15) is 57.8 Å². The van der Waals surface area contributed by atoms with Gasteiger partial charge in [0.05, 0.1) is 34.7 Å². The number of hydrogen-bond donors (Lipinski definition) is 1. The Morgan fingerprint density at radius 1 is 1.02 bits per heavy atom. The maximum absolute atomic E-state index is 13.9. The van der Waals surface area contributed by atoms with Crippen molar-refractivity contribution < 1.29 is 14.5 Å². The summed E-state index contributed by atoms with van der Waals surface area (Å²) in [6, 6.07) is 19.2. The molecule has 4 rings (SSSR count). The Bertz CT molecular complexity index is 1550. The molecule has 41 heavy (non-hydrogen) atoms. The first-order chi connectivity index (χ1) is 19.9. The van der Waals surface area contributed by atoms with Gasteiger partial charge in [-0.05, 0) is 61.4 Å². The number of nitro benzene ring substituents is 1. The monoisotopic (exact) mass is 557 g/mol. The molecule has 1 aromatic heterocycles. The van der Waals surface area contributed by atoms with Crippen LogP contribution in [0.25, 0.3) is 16.6 Å². The molecule has 0 saturated carbocycles. The Labute approximate surface area is 238 Å². The zero-order valence-corrected chi connectivity index (χ0v) is 23.6. The highest BCUT2D eigenvalue weighted by Gasteiger charge is 2.29. The predicted molar refractivity (Wildman–Crippen MR) is 160 cm³/mol. The van der Waals surface area contributed by atoms with Gasteiger partial charge in [-0.1, -0.05) is 45.2 Å². The van der Waals surface area contributed by atoms with Gasteiger partial charge in [-0.25, -0.2) is 9.78 Å². The number of anilines is 1. The Hall–Kier alpha value is -4.73. The number of urea groups is 1. The van der Waals surface area contributed by atoms with Crippen LogP contribution in [0.15, 0.2) is 77.6 Å². The lowest BCUT2D eigenvalue weighted by Crippen LogP contribution is -2.41. The zero-order chi connectivity index (χ0) is 29.4. The van der Waals surface area contributed by atoms with E-state index in [0.29, 0.717) is 46.8 Å². The number of benzene rings is 3. The van der Waals surface area contributed by atoms with E-state index in [1.165, 1.54) is 24.3 Å². The molecule has 3 aromatic carbocycles. The van der Waals surface area contributed by atoms with Crippen molar-refractivity contribution in [2.75, 3.05) is 19.0 Å². The van der Waals surface area contributed by atoms with Gasteiger partial charge in [-0.2, -0.15) is 0 Å². The third kappa shape index (κ3) is 6.71. The predicted octanol–water partition coefficient (Wildman–Crippen LogP) is 6.87. The quantitative estimate of drug-likeness (QED) is 0.115. The van der Waals surface area contributed by atoms with Crippen molar-refractivity contribution in [2.45, 2.75) is 52.0 Å². The molecule has 10 nitrogen and oxygen atoms in total. The minimum absolute atomic E-state index is 0.0604. The molecule has 2 amide bonds. The maximum atomic E-state index is 13.9. The summed E-state index contributed by atoms with van der Waals surface area (Å²) in [6.45, 7) is 4.53. The molecule has 214 valence electrons. The highest BCUT2D eigenvalue weighted by Crippen LogP contribution is 2.28. The van der Waals surface area contributed by atoms with Gasteiger partial charge in [0.1, 0.15) is 11.6 Å². The number of hydrogen-bond acceptors (Lipinski definition) is 6. The summed E-state index contributed by atoms with van der Waals surface area (Å²) in [5.41, 5.74) is 1.32. The van der Waals surface area contributed by atoms with Crippen LogP contribution in [-0.2, 0) is 0 Å². The maximum Gasteiger partial charge on any atom is 0.322 e. The van der Waals surface area contributed by atoms with E-state index in [-0.39, 0.29) is 17.3 Å². The van der Waals surface area contributed by atoms with Crippen LogP contribution in [-0.4, -0.2) is 39.1 Å². The van der Waals surface area contributed by atoms with E-state index in [9.17, 15) is 19.7 Å². The third-order valence-electron chi connectivity index (χ3n) is 7.04. The molecular weight excluding hydrogens is 522 g/mol. The largest absolute Gasteiger partial charge is 0.497 e. The van der Waals surface area contributed by atoms with E-state index in [1.54, 1.807) is 59.0 Å². The highest BCUT2D eigenvalue weighted by molar-refractivity contribution is 5.89. The van der Waals surface area contributed by atoms with Crippen molar-refractivity contribution in [3.63, 3.8) is 0 Å². The van der Waals surface area contributed by atoms with E-state index < -0.39 is 11.0 Å². The van der Waals surface area contributed by atoms with Gasteiger partial charge in [-0.3, -0.25) is 19.5 Å². The number of para-hydroxylation sites is 1. The second-order valence-electron chi connectivity index (χ2n) is 9.74. The summed E-state index contributed by atoms with van der Waals surface area (Å²) in [5, 5.41) is 14.4. The first kappa shape index (κ1) is 29.3. The van der Waals surface area contributed by atoms with Crippen LogP contribution in [0, 0.1) is 10.1 Å².